The van der Waals surface area contributed by atoms with Gasteiger partial charge in [0.15, 0.2) is 0 Å². The molecule has 0 spiro atoms. The number of nitrogens with one attached hydrogen (secondary N) is 2. The molecule has 7 heteroatoms. The van der Waals surface area contributed by atoms with Crippen molar-refractivity contribution in [3.8, 4) is 0 Å². The predicted octanol–water partition coefficient (Wildman–Crippen LogP) is 0.257. The SMILES string of the molecule is CN(C)CC(C)(O)CNc1cn[nH]c(=O)c1Br. The second kappa shape index (κ2) is 5.61. The van der Waals surface area contributed by atoms with Crippen molar-refractivity contribution in [2.75, 3.05) is 32.5 Å². The van der Waals surface area contributed by atoms with E-state index in [-0.39, 0.29) is 5.56 Å². The largest absolute Gasteiger partial charge is 0.387 e. The Morgan fingerprint density at radius 2 is 2.29 bits per heavy atom. The molecule has 0 bridgehead atoms. The van der Waals surface area contributed by atoms with E-state index in [0.717, 1.165) is 0 Å². The van der Waals surface area contributed by atoms with Crippen molar-refractivity contribution in [1.29, 1.82) is 0 Å². The van der Waals surface area contributed by atoms with Gasteiger partial charge in [-0.3, -0.25) is 4.79 Å². The minimum atomic E-state index is -0.883. The molecule has 1 aromatic rings. The third-order valence-corrected chi connectivity index (χ3v) is 2.90. The van der Waals surface area contributed by atoms with Crippen LogP contribution in [0.15, 0.2) is 15.5 Å². The van der Waals surface area contributed by atoms with E-state index >= 15 is 0 Å². The van der Waals surface area contributed by atoms with Crippen LogP contribution in [0, 0.1) is 0 Å². The minimum absolute atomic E-state index is 0.303. The molecule has 6 nitrogen and oxygen atoms in total. The first kappa shape index (κ1) is 14.1. The highest BCUT2D eigenvalue weighted by molar-refractivity contribution is 9.10. The fraction of sp³-hybridized carbons (Fsp3) is 0.600. The Kier molecular flexibility index (Phi) is 4.67. The van der Waals surface area contributed by atoms with Crippen LogP contribution < -0.4 is 10.9 Å². The van der Waals surface area contributed by atoms with Crippen molar-refractivity contribution in [2.24, 2.45) is 0 Å². The van der Waals surface area contributed by atoms with Crippen LogP contribution in [0.4, 0.5) is 5.69 Å². The Labute approximate surface area is 108 Å². The monoisotopic (exact) mass is 304 g/mol. The van der Waals surface area contributed by atoms with Crippen molar-refractivity contribution in [3.63, 3.8) is 0 Å². The zero-order valence-corrected chi connectivity index (χ0v) is 11.7. The molecule has 1 unspecified atom stereocenters. The summed E-state index contributed by atoms with van der Waals surface area (Å²) in [5.41, 5.74) is -0.624. The number of anilines is 1. The molecule has 1 atom stereocenters. The molecule has 0 aliphatic carbocycles. The lowest BCUT2D eigenvalue weighted by Gasteiger charge is -2.27. The lowest BCUT2D eigenvalue weighted by molar-refractivity contribution is 0.0459. The van der Waals surface area contributed by atoms with Crippen LogP contribution in [0.5, 0.6) is 0 Å². The van der Waals surface area contributed by atoms with Gasteiger partial charge >= 0.3 is 0 Å². The molecule has 0 radical (unpaired) electrons. The highest BCUT2D eigenvalue weighted by Gasteiger charge is 2.21. The maximum Gasteiger partial charge on any atom is 0.280 e. The van der Waals surface area contributed by atoms with E-state index in [1.807, 2.05) is 19.0 Å². The second-order valence-corrected chi connectivity index (χ2v) is 5.31. The molecule has 0 saturated carbocycles. The number of rotatable bonds is 5. The van der Waals surface area contributed by atoms with E-state index in [4.69, 9.17) is 0 Å². The Morgan fingerprint density at radius 1 is 1.65 bits per heavy atom. The normalized spacial score (nSPS) is 14.7. The highest BCUT2D eigenvalue weighted by Crippen LogP contribution is 2.16. The maximum atomic E-state index is 11.3. The lowest BCUT2D eigenvalue weighted by Crippen LogP contribution is -2.43. The van der Waals surface area contributed by atoms with Gasteiger partial charge in [0.1, 0.15) is 4.47 Å². The van der Waals surface area contributed by atoms with Crippen molar-refractivity contribution >= 4 is 21.6 Å². The smallest absolute Gasteiger partial charge is 0.280 e. The molecule has 0 aliphatic rings. The van der Waals surface area contributed by atoms with E-state index in [0.29, 0.717) is 23.2 Å². The predicted molar refractivity (Wildman–Crippen MR) is 70.2 cm³/mol. The van der Waals surface area contributed by atoms with Crippen LogP contribution in [0.1, 0.15) is 6.92 Å². The van der Waals surface area contributed by atoms with Crippen LogP contribution in [-0.4, -0.2) is 53.0 Å². The first-order chi connectivity index (χ1) is 7.82. The van der Waals surface area contributed by atoms with Crippen LogP contribution in [-0.2, 0) is 0 Å². The fourth-order valence-corrected chi connectivity index (χ4v) is 1.86. The van der Waals surface area contributed by atoms with Gasteiger partial charge in [-0.25, -0.2) is 5.10 Å². The molecule has 1 aromatic heterocycles. The van der Waals surface area contributed by atoms with Gasteiger partial charge in [0.05, 0.1) is 17.5 Å². The zero-order valence-electron chi connectivity index (χ0n) is 10.1. The average molecular weight is 305 g/mol. The van der Waals surface area contributed by atoms with Gasteiger partial charge in [-0.05, 0) is 36.9 Å². The van der Waals surface area contributed by atoms with Gasteiger partial charge in [-0.1, -0.05) is 0 Å². The van der Waals surface area contributed by atoms with E-state index in [2.05, 4.69) is 31.4 Å². The summed E-state index contributed by atoms with van der Waals surface area (Å²) in [7, 11) is 3.78. The van der Waals surface area contributed by atoms with E-state index < -0.39 is 5.60 Å². The summed E-state index contributed by atoms with van der Waals surface area (Å²) in [6.07, 6.45) is 1.50. The van der Waals surface area contributed by atoms with Crippen molar-refractivity contribution in [1.82, 2.24) is 15.1 Å². The summed E-state index contributed by atoms with van der Waals surface area (Å²) in [4.78, 5) is 13.2. The Bertz CT molecular complexity index is 431. The number of aromatic nitrogens is 2. The third-order valence-electron chi connectivity index (χ3n) is 2.11. The maximum absolute atomic E-state index is 11.3. The van der Waals surface area contributed by atoms with Crippen molar-refractivity contribution in [2.45, 2.75) is 12.5 Å². The molecule has 0 saturated heterocycles. The average Bonchev–Trinajstić information content (AvgIpc) is 2.18. The van der Waals surface area contributed by atoms with Crippen LogP contribution in [0.3, 0.4) is 0 Å². The number of hydrogen-bond acceptors (Lipinski definition) is 5. The molecular formula is C10H17BrN4O2. The molecule has 17 heavy (non-hydrogen) atoms. The minimum Gasteiger partial charge on any atom is -0.387 e. The van der Waals surface area contributed by atoms with Crippen LogP contribution >= 0.6 is 15.9 Å². The van der Waals surface area contributed by atoms with E-state index in [1.54, 1.807) is 6.92 Å². The van der Waals surface area contributed by atoms with Gasteiger partial charge in [0.2, 0.25) is 0 Å². The van der Waals surface area contributed by atoms with Crippen molar-refractivity contribution < 1.29 is 5.11 Å². The third kappa shape index (κ3) is 4.45. The summed E-state index contributed by atoms with van der Waals surface area (Å²) >= 11 is 3.16. The molecule has 1 rings (SSSR count). The molecule has 0 fully saturated rings. The quantitative estimate of drug-likeness (QED) is 0.727. The molecule has 3 N–H and O–H groups in total. The van der Waals surface area contributed by atoms with E-state index in [1.165, 1.54) is 6.20 Å². The number of halogens is 1. The fourth-order valence-electron chi connectivity index (χ4n) is 1.53. The number of hydrogen-bond donors (Lipinski definition) is 3. The number of aliphatic hydroxyl groups is 1. The summed E-state index contributed by atoms with van der Waals surface area (Å²) in [6.45, 7) is 2.58. The van der Waals surface area contributed by atoms with Gasteiger partial charge in [-0.2, -0.15) is 5.10 Å². The zero-order chi connectivity index (χ0) is 13.1. The van der Waals surface area contributed by atoms with Gasteiger partial charge in [0.25, 0.3) is 5.56 Å². The topological polar surface area (TPSA) is 81.2 Å². The van der Waals surface area contributed by atoms with E-state index in [9.17, 15) is 9.90 Å². The molecule has 0 aromatic carbocycles. The molecule has 1 heterocycles. The lowest BCUT2D eigenvalue weighted by atomic mass is 10.1. The second-order valence-electron chi connectivity index (χ2n) is 4.52. The van der Waals surface area contributed by atoms with Gasteiger partial charge in [-0.15, -0.1) is 0 Å². The summed E-state index contributed by atoms with van der Waals surface area (Å²) in [5.74, 6) is 0. The van der Waals surface area contributed by atoms with Crippen LogP contribution in [0.2, 0.25) is 0 Å². The number of aromatic amines is 1. The summed E-state index contributed by atoms with van der Waals surface area (Å²) in [6, 6.07) is 0. The summed E-state index contributed by atoms with van der Waals surface area (Å²) in [5, 5.41) is 19.1. The molecule has 96 valence electrons. The molecule has 0 amide bonds. The first-order valence-electron chi connectivity index (χ1n) is 5.16. The number of nitrogens with zero attached hydrogens (tertiary/aromatic N) is 2. The standard InChI is InChI=1S/C10H17BrN4O2/c1-10(17,6-15(2)3)5-12-7-4-13-14-9(16)8(7)11/h4,17H,5-6H2,1-3H3,(H2,12,14,16). The first-order valence-corrected chi connectivity index (χ1v) is 5.95. The number of likely N-dealkylation sites (N-methyl/N-ethyl adjacent to an activating group) is 1. The van der Waals surface area contributed by atoms with Crippen LogP contribution in [0.25, 0.3) is 0 Å². The van der Waals surface area contributed by atoms with Crippen molar-refractivity contribution in [3.05, 3.63) is 21.0 Å². The molecule has 0 aliphatic heterocycles. The number of H-pyrrole nitrogens is 1. The van der Waals surface area contributed by atoms with Gasteiger partial charge in [0, 0.05) is 13.1 Å². The summed E-state index contributed by atoms with van der Waals surface area (Å²) < 4.78 is 0.383. The van der Waals surface area contributed by atoms with Gasteiger partial charge < -0.3 is 15.3 Å². The highest BCUT2D eigenvalue weighted by atomic mass is 79.9. The molecular weight excluding hydrogens is 288 g/mol. The Morgan fingerprint density at radius 3 is 2.88 bits per heavy atom. The Balaban J connectivity index is 2.67. The Hall–Kier alpha value is -0.920.